The number of fused-ring (bicyclic) bond motifs is 2. The molecule has 2 aliphatic rings. The summed E-state index contributed by atoms with van der Waals surface area (Å²) in [6.07, 6.45) is 2.41. The number of carbonyl (C=O) groups is 1. The molecule has 0 spiro atoms. The zero-order valence-corrected chi connectivity index (χ0v) is 12.0. The lowest BCUT2D eigenvalue weighted by atomic mass is 9.89. The molecule has 2 bridgehead atoms. The number of benzene rings is 1. The molecule has 6 nitrogen and oxygen atoms in total. The lowest BCUT2D eigenvalue weighted by Crippen LogP contribution is -2.32. The van der Waals surface area contributed by atoms with Crippen LogP contribution in [0.5, 0.6) is 0 Å². The van der Waals surface area contributed by atoms with Crippen molar-refractivity contribution in [2.75, 3.05) is 0 Å². The average Bonchev–Trinajstić information content (AvgIpc) is 2.98. The second kappa shape index (κ2) is 5.27. The molecule has 0 radical (unpaired) electrons. The van der Waals surface area contributed by atoms with E-state index in [1.165, 1.54) is 6.07 Å². The van der Waals surface area contributed by atoms with E-state index >= 15 is 0 Å². The first kappa shape index (κ1) is 14.3. The highest BCUT2D eigenvalue weighted by Gasteiger charge is 2.49. The number of nitro benzene ring substituents is 1. The van der Waals surface area contributed by atoms with Gasteiger partial charge in [-0.05, 0) is 25.3 Å². The molecule has 0 amide bonds. The molecule has 2 aliphatic heterocycles. The van der Waals surface area contributed by atoms with Crippen LogP contribution < -0.4 is 0 Å². The van der Waals surface area contributed by atoms with Crippen molar-refractivity contribution in [2.24, 2.45) is 5.92 Å². The summed E-state index contributed by atoms with van der Waals surface area (Å²) in [4.78, 5) is 24.0. The van der Waals surface area contributed by atoms with Crippen molar-refractivity contribution in [3.63, 3.8) is 0 Å². The van der Waals surface area contributed by atoms with Crippen LogP contribution in [0.1, 0.15) is 24.8 Å². The number of aliphatic carboxylic acids is 1. The maximum absolute atomic E-state index is 11.3. The molecule has 0 saturated carbocycles. The molecule has 1 aromatic rings. The highest BCUT2D eigenvalue weighted by atomic mass is 35.5. The molecule has 112 valence electrons. The Labute approximate surface area is 126 Å². The minimum atomic E-state index is -0.777. The fourth-order valence-electron chi connectivity index (χ4n) is 3.67. The molecule has 1 aromatic carbocycles. The van der Waals surface area contributed by atoms with Crippen molar-refractivity contribution in [1.82, 2.24) is 4.90 Å². The molecular weight excluding hydrogens is 296 g/mol. The average molecular weight is 311 g/mol. The van der Waals surface area contributed by atoms with Crippen LogP contribution in [-0.2, 0) is 11.3 Å². The normalized spacial score (nSPS) is 28.0. The van der Waals surface area contributed by atoms with Gasteiger partial charge in [0.2, 0.25) is 0 Å². The predicted octanol–water partition coefficient (Wildman–Crippen LogP) is 2.69. The third-order valence-electron chi connectivity index (χ3n) is 4.63. The first-order chi connectivity index (χ1) is 9.99. The molecule has 0 aliphatic carbocycles. The van der Waals surface area contributed by atoms with E-state index in [1.807, 2.05) is 0 Å². The number of rotatable bonds is 4. The summed E-state index contributed by atoms with van der Waals surface area (Å²) in [5.74, 6) is -1.15. The SMILES string of the molecule is O=C(O)C1CC2CCC1N2Cc1c(Cl)cccc1[N+](=O)[O-]. The number of carboxylic acid groups (broad SMARTS) is 1. The smallest absolute Gasteiger partial charge is 0.308 e. The van der Waals surface area contributed by atoms with E-state index in [2.05, 4.69) is 4.90 Å². The van der Waals surface area contributed by atoms with E-state index in [0.29, 0.717) is 23.6 Å². The summed E-state index contributed by atoms with van der Waals surface area (Å²) < 4.78 is 0. The van der Waals surface area contributed by atoms with E-state index in [-0.39, 0.29) is 23.7 Å². The standard InChI is InChI=1S/C14H15ClN2O4/c15-11-2-1-3-13(17(20)21)10(11)7-16-8-4-5-12(16)9(6-8)14(18)19/h1-3,8-9,12H,4-7H2,(H,18,19). The van der Waals surface area contributed by atoms with Gasteiger partial charge in [-0.3, -0.25) is 19.8 Å². The van der Waals surface area contributed by atoms with Gasteiger partial charge in [0.25, 0.3) is 5.69 Å². The van der Waals surface area contributed by atoms with Gasteiger partial charge in [-0.2, -0.15) is 0 Å². The Kier molecular flexibility index (Phi) is 3.59. The number of hydrogen-bond donors (Lipinski definition) is 1. The van der Waals surface area contributed by atoms with E-state index in [4.69, 9.17) is 11.6 Å². The van der Waals surface area contributed by atoms with Gasteiger partial charge in [0.1, 0.15) is 0 Å². The summed E-state index contributed by atoms with van der Waals surface area (Å²) in [5, 5.41) is 20.8. The first-order valence-corrected chi connectivity index (χ1v) is 7.27. The summed E-state index contributed by atoms with van der Waals surface area (Å²) >= 11 is 6.12. The minimum Gasteiger partial charge on any atom is -0.481 e. The zero-order chi connectivity index (χ0) is 15.1. The molecule has 1 N–H and O–H groups in total. The van der Waals surface area contributed by atoms with Gasteiger partial charge < -0.3 is 5.11 Å². The molecular formula is C14H15ClN2O4. The van der Waals surface area contributed by atoms with Crippen LogP contribution in [-0.4, -0.2) is 33.0 Å². The van der Waals surface area contributed by atoms with Gasteiger partial charge in [0.15, 0.2) is 0 Å². The second-order valence-electron chi connectivity index (χ2n) is 5.65. The summed E-state index contributed by atoms with van der Waals surface area (Å²) in [6.45, 7) is 0.342. The van der Waals surface area contributed by atoms with E-state index in [0.717, 1.165) is 12.8 Å². The van der Waals surface area contributed by atoms with Crippen molar-refractivity contribution in [2.45, 2.75) is 37.9 Å². The number of carboxylic acids is 1. The molecule has 21 heavy (non-hydrogen) atoms. The molecule has 3 rings (SSSR count). The third-order valence-corrected chi connectivity index (χ3v) is 4.98. The fourth-order valence-corrected chi connectivity index (χ4v) is 3.90. The van der Waals surface area contributed by atoms with E-state index in [9.17, 15) is 20.0 Å². The summed E-state index contributed by atoms with van der Waals surface area (Å²) in [7, 11) is 0. The molecule has 0 aromatic heterocycles. The molecule has 7 heteroatoms. The van der Waals surface area contributed by atoms with Crippen molar-refractivity contribution >= 4 is 23.3 Å². The predicted molar refractivity (Wildman–Crippen MR) is 76.2 cm³/mol. The highest BCUT2D eigenvalue weighted by molar-refractivity contribution is 6.31. The lowest BCUT2D eigenvalue weighted by Gasteiger charge is -2.23. The Morgan fingerprint density at radius 1 is 1.48 bits per heavy atom. The Morgan fingerprint density at radius 3 is 2.86 bits per heavy atom. The van der Waals surface area contributed by atoms with Crippen LogP contribution in [0.25, 0.3) is 0 Å². The van der Waals surface area contributed by atoms with Crippen LogP contribution in [0.2, 0.25) is 5.02 Å². The summed E-state index contributed by atoms with van der Waals surface area (Å²) in [5.41, 5.74) is 0.479. The first-order valence-electron chi connectivity index (χ1n) is 6.89. The van der Waals surface area contributed by atoms with Crippen molar-refractivity contribution in [3.8, 4) is 0 Å². The van der Waals surface area contributed by atoms with Gasteiger partial charge in [-0.25, -0.2) is 0 Å². The fraction of sp³-hybridized carbons (Fsp3) is 0.500. The van der Waals surface area contributed by atoms with Gasteiger partial charge in [0, 0.05) is 24.7 Å². The molecule has 3 unspecified atom stereocenters. The van der Waals surface area contributed by atoms with Crippen molar-refractivity contribution in [3.05, 3.63) is 38.9 Å². The van der Waals surface area contributed by atoms with Crippen LogP contribution in [0.4, 0.5) is 5.69 Å². The van der Waals surface area contributed by atoms with E-state index in [1.54, 1.807) is 12.1 Å². The number of hydrogen-bond acceptors (Lipinski definition) is 4. The van der Waals surface area contributed by atoms with Crippen LogP contribution in [0.3, 0.4) is 0 Å². The molecule has 2 fully saturated rings. The van der Waals surface area contributed by atoms with Gasteiger partial charge in [-0.1, -0.05) is 17.7 Å². The largest absolute Gasteiger partial charge is 0.481 e. The maximum Gasteiger partial charge on any atom is 0.308 e. The Balaban J connectivity index is 1.89. The lowest BCUT2D eigenvalue weighted by molar-refractivity contribution is -0.385. The third kappa shape index (κ3) is 2.38. The van der Waals surface area contributed by atoms with Crippen molar-refractivity contribution in [1.29, 1.82) is 0 Å². The number of nitrogens with zero attached hydrogens (tertiary/aromatic N) is 2. The Bertz CT molecular complexity index is 607. The van der Waals surface area contributed by atoms with Crippen molar-refractivity contribution < 1.29 is 14.8 Å². The Morgan fingerprint density at radius 2 is 2.24 bits per heavy atom. The number of halogens is 1. The zero-order valence-electron chi connectivity index (χ0n) is 11.2. The second-order valence-corrected chi connectivity index (χ2v) is 6.05. The quantitative estimate of drug-likeness (QED) is 0.683. The topological polar surface area (TPSA) is 83.7 Å². The summed E-state index contributed by atoms with van der Waals surface area (Å²) in [6, 6.07) is 4.78. The highest BCUT2D eigenvalue weighted by Crippen LogP contribution is 2.43. The van der Waals surface area contributed by atoms with Gasteiger partial charge in [0.05, 0.1) is 21.4 Å². The van der Waals surface area contributed by atoms with Crippen LogP contribution in [0.15, 0.2) is 18.2 Å². The maximum atomic E-state index is 11.3. The Hall–Kier alpha value is -1.66. The van der Waals surface area contributed by atoms with Crippen LogP contribution in [0, 0.1) is 16.0 Å². The van der Waals surface area contributed by atoms with Crippen LogP contribution >= 0.6 is 11.6 Å². The monoisotopic (exact) mass is 310 g/mol. The van der Waals surface area contributed by atoms with E-state index < -0.39 is 10.9 Å². The number of nitro groups is 1. The minimum absolute atomic E-state index is 0.000625. The molecule has 3 atom stereocenters. The van der Waals surface area contributed by atoms with Gasteiger partial charge in [-0.15, -0.1) is 0 Å². The van der Waals surface area contributed by atoms with Gasteiger partial charge >= 0.3 is 5.97 Å². The molecule has 2 saturated heterocycles. The molecule has 2 heterocycles.